The fraction of sp³-hybridized carbons (Fsp3) is 0.889. The minimum atomic E-state index is -1.62. The van der Waals surface area contributed by atoms with E-state index in [1.165, 1.54) is 32.1 Å². The predicted octanol–water partition coefficient (Wildman–Crippen LogP) is 7.64. The molecule has 31 heavy (non-hydrogen) atoms. The maximum Gasteiger partial charge on any atom is 0.192 e. The van der Waals surface area contributed by atoms with E-state index < -0.39 is 8.32 Å². The van der Waals surface area contributed by atoms with Gasteiger partial charge >= 0.3 is 0 Å². The largest absolute Gasteiger partial charge is 0.416 e. The molecule has 4 aliphatic rings. The van der Waals surface area contributed by atoms with Crippen LogP contribution in [0.4, 0.5) is 0 Å². The lowest BCUT2D eigenvalue weighted by molar-refractivity contribution is -0.131. The summed E-state index contributed by atoms with van der Waals surface area (Å²) in [5.41, 5.74) is 2.15. The summed E-state index contributed by atoms with van der Waals surface area (Å²) >= 11 is 2.16. The van der Waals surface area contributed by atoms with Crippen LogP contribution in [0.2, 0.25) is 18.1 Å². The second kappa shape index (κ2) is 8.31. The molecule has 3 fully saturated rings. The first-order valence-corrected chi connectivity index (χ1v) is 16.8. The molecule has 4 rings (SSSR count). The molecule has 6 atom stereocenters. The lowest BCUT2D eigenvalue weighted by Crippen LogP contribution is -2.50. The Hall–Kier alpha value is -0.0631. The van der Waals surface area contributed by atoms with Crippen molar-refractivity contribution in [1.29, 1.82) is 0 Å². The molecule has 0 aromatic heterocycles. The van der Waals surface area contributed by atoms with Gasteiger partial charge in [0.25, 0.3) is 0 Å². The zero-order chi connectivity index (χ0) is 22.7. The molecule has 0 N–H and O–H groups in total. The van der Waals surface area contributed by atoms with Gasteiger partial charge in [-0.3, -0.25) is 4.79 Å². The van der Waals surface area contributed by atoms with Crippen LogP contribution in [0.15, 0.2) is 11.6 Å². The number of hydrogen-bond donors (Lipinski definition) is 0. The van der Waals surface area contributed by atoms with Crippen molar-refractivity contribution in [2.24, 2.45) is 28.6 Å². The molecule has 4 heteroatoms. The van der Waals surface area contributed by atoms with Crippen LogP contribution in [0.5, 0.6) is 0 Å². The molecule has 0 aromatic carbocycles. The normalized spacial score (nSPS) is 40.7. The first-order chi connectivity index (χ1) is 14.4. The van der Waals surface area contributed by atoms with E-state index in [1.807, 2.05) is 0 Å². The summed E-state index contributed by atoms with van der Waals surface area (Å²) in [6, 6.07) is 0. The molecule has 0 unspecified atom stereocenters. The standard InChI is InChI=1S/C27H46O2SSi/c1-25(2,3)31(6,7)29-16-17-30-20-12-14-26(4)19(18-20)8-9-21-22-10-11-24(28)27(22,5)15-13-23(21)26/h8,20-23H,9-18H2,1-7H3/t20-,21-,22-,23-,26-,27-/m0/s1. The van der Waals surface area contributed by atoms with E-state index in [0.29, 0.717) is 22.2 Å². The zero-order valence-electron chi connectivity index (χ0n) is 21.2. The van der Waals surface area contributed by atoms with Crippen molar-refractivity contribution in [3.63, 3.8) is 0 Å². The number of fused-ring (bicyclic) bond motifs is 5. The van der Waals surface area contributed by atoms with Crippen molar-refractivity contribution in [1.82, 2.24) is 0 Å². The van der Waals surface area contributed by atoms with Crippen molar-refractivity contribution < 1.29 is 9.22 Å². The van der Waals surface area contributed by atoms with Gasteiger partial charge < -0.3 is 4.43 Å². The number of rotatable bonds is 5. The molecule has 0 amide bonds. The average Bonchev–Trinajstić information content (AvgIpc) is 2.99. The highest BCUT2D eigenvalue weighted by atomic mass is 32.2. The summed E-state index contributed by atoms with van der Waals surface area (Å²) in [7, 11) is -1.62. The summed E-state index contributed by atoms with van der Waals surface area (Å²) < 4.78 is 6.42. The van der Waals surface area contributed by atoms with Crippen LogP contribution in [-0.4, -0.2) is 31.7 Å². The fourth-order valence-corrected chi connectivity index (χ4v) is 9.56. The van der Waals surface area contributed by atoms with E-state index in [9.17, 15) is 4.79 Å². The quantitative estimate of drug-likeness (QED) is 0.238. The van der Waals surface area contributed by atoms with Gasteiger partial charge in [0.2, 0.25) is 0 Å². The van der Waals surface area contributed by atoms with Crippen molar-refractivity contribution in [2.75, 3.05) is 12.4 Å². The third kappa shape index (κ3) is 4.16. The highest BCUT2D eigenvalue weighted by Crippen LogP contribution is 2.64. The highest BCUT2D eigenvalue weighted by Gasteiger charge is 2.58. The van der Waals surface area contributed by atoms with Crippen molar-refractivity contribution in [3.05, 3.63) is 11.6 Å². The summed E-state index contributed by atoms with van der Waals surface area (Å²) in [6.07, 6.45) is 12.3. The Balaban J connectivity index is 1.35. The zero-order valence-corrected chi connectivity index (χ0v) is 23.0. The van der Waals surface area contributed by atoms with Crippen molar-refractivity contribution in [2.45, 2.75) is 109 Å². The predicted molar refractivity (Wildman–Crippen MR) is 136 cm³/mol. The van der Waals surface area contributed by atoms with Gasteiger partial charge in [-0.05, 0) is 86.2 Å². The van der Waals surface area contributed by atoms with Gasteiger partial charge in [-0.25, -0.2) is 0 Å². The van der Waals surface area contributed by atoms with Crippen LogP contribution in [0.25, 0.3) is 0 Å². The number of Topliss-reactive ketones (excluding diaryl/α,β-unsaturated/α-hetero) is 1. The summed E-state index contributed by atoms with van der Waals surface area (Å²) in [5, 5.41) is 1.06. The maximum absolute atomic E-state index is 12.6. The molecule has 0 radical (unpaired) electrons. The molecule has 0 aliphatic heterocycles. The van der Waals surface area contributed by atoms with Gasteiger partial charge in [0.15, 0.2) is 8.32 Å². The minimum absolute atomic E-state index is 0.0000687. The summed E-state index contributed by atoms with van der Waals surface area (Å²) in [6.45, 7) is 17.5. The second-order valence-electron chi connectivity index (χ2n) is 13.0. The van der Waals surface area contributed by atoms with Crippen LogP contribution in [-0.2, 0) is 9.22 Å². The Kier molecular flexibility index (Phi) is 6.45. The second-order valence-corrected chi connectivity index (χ2v) is 19.2. The van der Waals surface area contributed by atoms with Gasteiger partial charge in [-0.2, -0.15) is 11.8 Å². The van der Waals surface area contributed by atoms with Crippen LogP contribution in [0.3, 0.4) is 0 Å². The average molecular weight is 463 g/mol. The Morgan fingerprint density at radius 1 is 1.10 bits per heavy atom. The van der Waals surface area contributed by atoms with Crippen molar-refractivity contribution >= 4 is 25.9 Å². The fourth-order valence-electron chi connectivity index (χ4n) is 7.27. The summed E-state index contributed by atoms with van der Waals surface area (Å²) in [4.78, 5) is 12.6. The molecule has 0 bridgehead atoms. The third-order valence-corrected chi connectivity index (χ3v) is 16.3. The minimum Gasteiger partial charge on any atom is -0.416 e. The number of thioether (sulfide) groups is 1. The van der Waals surface area contributed by atoms with E-state index in [2.05, 4.69) is 65.6 Å². The monoisotopic (exact) mass is 462 g/mol. The maximum atomic E-state index is 12.6. The summed E-state index contributed by atoms with van der Waals surface area (Å²) in [5.74, 6) is 3.91. The molecule has 0 spiro atoms. The molecule has 4 aliphatic carbocycles. The molecule has 3 saturated carbocycles. The number of carbonyl (C=O) groups excluding carboxylic acids is 1. The van der Waals surface area contributed by atoms with Crippen LogP contribution < -0.4 is 0 Å². The molecular weight excluding hydrogens is 416 g/mol. The highest BCUT2D eigenvalue weighted by molar-refractivity contribution is 7.99. The van der Waals surface area contributed by atoms with Crippen LogP contribution in [0.1, 0.15) is 86.0 Å². The Morgan fingerprint density at radius 2 is 1.77 bits per heavy atom. The van der Waals surface area contributed by atoms with E-state index in [0.717, 1.165) is 48.7 Å². The molecule has 0 aromatic rings. The van der Waals surface area contributed by atoms with Gasteiger partial charge in [0.1, 0.15) is 5.78 Å². The van der Waals surface area contributed by atoms with Gasteiger partial charge in [0, 0.05) is 29.4 Å². The van der Waals surface area contributed by atoms with Gasteiger partial charge in [-0.15, -0.1) is 0 Å². The smallest absolute Gasteiger partial charge is 0.192 e. The first kappa shape index (κ1) is 24.1. The molecule has 176 valence electrons. The van der Waals surface area contributed by atoms with E-state index >= 15 is 0 Å². The third-order valence-electron chi connectivity index (χ3n) is 10.5. The van der Waals surface area contributed by atoms with Gasteiger partial charge in [0.05, 0.1) is 0 Å². The first-order valence-electron chi connectivity index (χ1n) is 12.9. The molecule has 0 saturated heterocycles. The van der Waals surface area contributed by atoms with Gasteiger partial charge in [-0.1, -0.05) is 46.3 Å². The van der Waals surface area contributed by atoms with E-state index in [-0.39, 0.29) is 5.41 Å². The Labute approximate surface area is 196 Å². The topological polar surface area (TPSA) is 26.3 Å². The van der Waals surface area contributed by atoms with E-state index in [1.54, 1.807) is 5.57 Å². The number of allylic oxidation sites excluding steroid dienone is 2. The van der Waals surface area contributed by atoms with E-state index in [4.69, 9.17) is 4.43 Å². The lowest BCUT2D eigenvalue weighted by Gasteiger charge is -2.57. The van der Waals surface area contributed by atoms with Crippen molar-refractivity contribution in [3.8, 4) is 0 Å². The SMILES string of the molecule is CC(C)(C)[Si](C)(C)OCCS[C@H]1CC[C@@]2(C)C(=CC[C@@H]3[C@@H]2CC[C@]2(C)C(=O)CC[C@@H]32)C1. The molecule has 0 heterocycles. The molecule has 2 nitrogen and oxygen atoms in total. The number of ketones is 1. The number of hydrogen-bond acceptors (Lipinski definition) is 3. The molecular formula is C27H46O2SSi. The Morgan fingerprint density at radius 3 is 2.48 bits per heavy atom. The Bertz CT molecular complexity index is 738. The van der Waals surface area contributed by atoms with Crippen LogP contribution in [0, 0.1) is 28.6 Å². The lowest BCUT2D eigenvalue weighted by atomic mass is 9.48. The van der Waals surface area contributed by atoms with Crippen LogP contribution >= 0.6 is 11.8 Å². The number of carbonyl (C=O) groups is 1.